The zero-order valence-corrected chi connectivity index (χ0v) is 23.8. The molecule has 12 heteroatoms. The van der Waals surface area contributed by atoms with Crippen LogP contribution in [0, 0.1) is 45.6 Å². The van der Waals surface area contributed by atoms with E-state index < -0.39 is 34.7 Å². The van der Waals surface area contributed by atoms with Crippen molar-refractivity contribution < 1.29 is 49.4 Å². The molecule has 234 valence electrons. The first-order valence-corrected chi connectivity index (χ1v) is 15.5. The van der Waals surface area contributed by atoms with Gasteiger partial charge in [0.15, 0.2) is 0 Å². The van der Waals surface area contributed by atoms with Crippen molar-refractivity contribution in [2.45, 2.75) is 121 Å². The van der Waals surface area contributed by atoms with Crippen LogP contribution < -0.4 is 0 Å². The highest BCUT2D eigenvalue weighted by Gasteiger charge is 2.45. The first-order chi connectivity index (χ1) is 19.7. The number of aliphatic hydroxyl groups is 1. The van der Waals surface area contributed by atoms with Gasteiger partial charge in [-0.3, -0.25) is 25.0 Å². The average Bonchev–Trinajstić information content (AvgIpc) is 2.96. The van der Waals surface area contributed by atoms with Crippen LogP contribution in [0.15, 0.2) is 0 Å². The van der Waals surface area contributed by atoms with Crippen LogP contribution in [0.25, 0.3) is 0 Å². The van der Waals surface area contributed by atoms with Crippen LogP contribution in [0.5, 0.6) is 0 Å². The third-order valence-electron chi connectivity index (χ3n) is 10.2. The van der Waals surface area contributed by atoms with Gasteiger partial charge in [-0.1, -0.05) is 0 Å². The molecular weight excluding hydrogens is 538 g/mol. The number of carbonyl (C=O) groups excluding carboxylic acids is 1. The van der Waals surface area contributed by atoms with E-state index in [0.717, 1.165) is 70.6 Å². The number of aliphatic carboxylic acids is 1. The Hall–Kier alpha value is -1.86. The van der Waals surface area contributed by atoms with Crippen molar-refractivity contribution in [3.05, 3.63) is 10.1 Å². The predicted octanol–water partition coefficient (Wildman–Crippen LogP) is 4.40. The minimum absolute atomic E-state index is 0.0548. The summed E-state index contributed by atoms with van der Waals surface area (Å²) in [5.74, 6) is -2.09. The van der Waals surface area contributed by atoms with Crippen molar-refractivity contribution in [2.75, 3.05) is 13.2 Å². The molecule has 4 aliphatic rings. The summed E-state index contributed by atoms with van der Waals surface area (Å²) in [4.78, 5) is 50.8. The molecule has 0 aliphatic heterocycles. The number of esters is 1. The normalized spacial score (nSPS) is 38.2. The van der Waals surface area contributed by atoms with Gasteiger partial charge in [-0.25, -0.2) is 14.7 Å². The molecule has 6 atom stereocenters. The standard InChI is InChI=1S/C29H47NO11/c31-23-7-5-20(21(14-23)16-38-37)17-39-41-25-10-3-19(4-11-25)13-18-1-8-24(9-2-18)40-29(34)26-12-6-22(30(35)36)15-27(26)28(32)33/h18-27,31,37H,1-17H2,(H,32,33). The van der Waals surface area contributed by atoms with E-state index in [4.69, 9.17) is 19.8 Å². The second-order valence-corrected chi connectivity index (χ2v) is 12.9. The number of hydrogen-bond donors (Lipinski definition) is 3. The number of ether oxygens (including phenoxy) is 1. The van der Waals surface area contributed by atoms with Gasteiger partial charge < -0.3 is 14.9 Å². The van der Waals surface area contributed by atoms with Crippen molar-refractivity contribution in [3.63, 3.8) is 0 Å². The quantitative estimate of drug-likeness (QED) is 0.128. The Morgan fingerprint density at radius 1 is 0.780 bits per heavy atom. The molecule has 41 heavy (non-hydrogen) atoms. The topological polar surface area (TPSA) is 175 Å². The predicted molar refractivity (Wildman–Crippen MR) is 144 cm³/mol. The lowest BCUT2D eigenvalue weighted by Gasteiger charge is -2.35. The van der Waals surface area contributed by atoms with E-state index in [0.29, 0.717) is 24.9 Å². The molecule has 0 aromatic heterocycles. The SMILES string of the molecule is O=C(O)C1CC([N+](=O)[O-])CCC1C(=O)OC1CCC(CC2CCC(OOCC3CCC(O)CC3COO)CC2)CC1. The van der Waals surface area contributed by atoms with E-state index in [1.807, 2.05) is 0 Å². The fourth-order valence-electron chi connectivity index (χ4n) is 7.61. The molecule has 0 saturated heterocycles. The third kappa shape index (κ3) is 9.31. The number of carboxylic acids is 1. The molecule has 0 spiro atoms. The van der Waals surface area contributed by atoms with Crippen LogP contribution in [0.3, 0.4) is 0 Å². The molecule has 4 fully saturated rings. The van der Waals surface area contributed by atoms with E-state index in [1.54, 1.807) is 0 Å². The minimum atomic E-state index is -1.17. The van der Waals surface area contributed by atoms with Crippen LogP contribution >= 0.6 is 0 Å². The summed E-state index contributed by atoms with van der Waals surface area (Å²) >= 11 is 0. The van der Waals surface area contributed by atoms with E-state index in [9.17, 15) is 29.9 Å². The van der Waals surface area contributed by atoms with Gasteiger partial charge >= 0.3 is 11.9 Å². The largest absolute Gasteiger partial charge is 0.481 e. The van der Waals surface area contributed by atoms with Crippen LogP contribution in [-0.2, 0) is 29.0 Å². The van der Waals surface area contributed by atoms with Gasteiger partial charge in [-0.05, 0) is 107 Å². The fourth-order valence-corrected chi connectivity index (χ4v) is 7.61. The molecule has 0 bridgehead atoms. The van der Waals surface area contributed by atoms with Crippen LogP contribution in [-0.4, -0.2) is 69.9 Å². The van der Waals surface area contributed by atoms with Crippen molar-refractivity contribution in [3.8, 4) is 0 Å². The summed E-state index contributed by atoms with van der Waals surface area (Å²) in [6.45, 7) is 0.629. The fraction of sp³-hybridized carbons (Fsp3) is 0.931. The number of rotatable bonds is 12. The smallest absolute Gasteiger partial charge is 0.310 e. The number of hydrogen-bond acceptors (Lipinski definition) is 10. The molecule has 12 nitrogen and oxygen atoms in total. The first-order valence-electron chi connectivity index (χ1n) is 15.5. The van der Waals surface area contributed by atoms with E-state index in [1.165, 1.54) is 0 Å². The Bertz CT molecular complexity index is 856. The molecule has 3 N–H and O–H groups in total. The highest BCUT2D eigenvalue weighted by molar-refractivity contribution is 5.81. The summed E-state index contributed by atoms with van der Waals surface area (Å²) < 4.78 is 5.73. The lowest BCUT2D eigenvalue weighted by Crippen LogP contribution is -2.41. The minimum Gasteiger partial charge on any atom is -0.481 e. The lowest BCUT2D eigenvalue weighted by atomic mass is 9.76. The Labute approximate surface area is 241 Å². The maximum atomic E-state index is 12.8. The second-order valence-electron chi connectivity index (χ2n) is 12.9. The number of nitrogens with zero attached hydrogens (tertiary/aromatic N) is 1. The van der Waals surface area contributed by atoms with E-state index in [-0.39, 0.29) is 56.0 Å². The third-order valence-corrected chi connectivity index (χ3v) is 10.2. The summed E-state index contributed by atoms with van der Waals surface area (Å²) in [7, 11) is 0. The molecule has 4 aliphatic carbocycles. The first kappa shape index (κ1) is 32.1. The highest BCUT2D eigenvalue weighted by atomic mass is 17.2. The average molecular weight is 586 g/mol. The molecule has 4 saturated carbocycles. The van der Waals surface area contributed by atoms with Gasteiger partial charge in [0.05, 0.1) is 37.3 Å². The summed E-state index contributed by atoms with van der Waals surface area (Å²) in [6.07, 6.45) is 10.6. The van der Waals surface area contributed by atoms with Gasteiger partial charge in [-0.15, -0.1) is 0 Å². The van der Waals surface area contributed by atoms with Crippen LogP contribution in [0.4, 0.5) is 0 Å². The van der Waals surface area contributed by atoms with Crippen molar-refractivity contribution >= 4 is 11.9 Å². The maximum absolute atomic E-state index is 12.8. The molecule has 0 heterocycles. The Balaban J connectivity index is 1.10. The monoisotopic (exact) mass is 585 g/mol. The Kier molecular flexibility index (Phi) is 12.2. The number of aliphatic hydroxyl groups excluding tert-OH is 1. The van der Waals surface area contributed by atoms with Gasteiger partial charge in [0.1, 0.15) is 6.10 Å². The highest BCUT2D eigenvalue weighted by Crippen LogP contribution is 2.38. The molecule has 0 aromatic rings. The van der Waals surface area contributed by atoms with E-state index in [2.05, 4.69) is 4.89 Å². The Morgan fingerprint density at radius 3 is 2.05 bits per heavy atom. The van der Waals surface area contributed by atoms with Crippen LogP contribution in [0.1, 0.15) is 96.3 Å². The number of carboxylic acid groups (broad SMARTS) is 1. The maximum Gasteiger partial charge on any atom is 0.310 e. The molecule has 6 unspecified atom stereocenters. The van der Waals surface area contributed by atoms with Gasteiger partial charge in [0, 0.05) is 17.8 Å². The molecule has 0 aromatic carbocycles. The number of nitro groups is 1. The summed E-state index contributed by atoms with van der Waals surface area (Å²) in [5, 5.41) is 39.3. The summed E-state index contributed by atoms with van der Waals surface area (Å²) in [5.41, 5.74) is 0. The molecule has 4 rings (SSSR count). The number of carbonyl (C=O) groups is 2. The van der Waals surface area contributed by atoms with Crippen molar-refractivity contribution in [1.82, 2.24) is 0 Å². The van der Waals surface area contributed by atoms with Gasteiger partial charge in [-0.2, -0.15) is 0 Å². The van der Waals surface area contributed by atoms with Crippen molar-refractivity contribution in [2.24, 2.45) is 35.5 Å². The zero-order valence-electron chi connectivity index (χ0n) is 23.8. The summed E-state index contributed by atoms with van der Waals surface area (Å²) in [6, 6.07) is -0.914. The van der Waals surface area contributed by atoms with E-state index >= 15 is 0 Å². The zero-order chi connectivity index (χ0) is 29.4. The lowest BCUT2D eigenvalue weighted by molar-refractivity contribution is -0.528. The van der Waals surface area contributed by atoms with Gasteiger partial charge in [0.25, 0.3) is 0 Å². The second kappa shape index (κ2) is 15.6. The Morgan fingerprint density at radius 2 is 1.44 bits per heavy atom. The van der Waals surface area contributed by atoms with Crippen molar-refractivity contribution in [1.29, 1.82) is 0 Å². The molecule has 0 radical (unpaired) electrons. The molecular formula is C29H47NO11. The van der Waals surface area contributed by atoms with Gasteiger partial charge in [0.2, 0.25) is 6.04 Å². The van der Waals surface area contributed by atoms with Crippen LogP contribution in [0.2, 0.25) is 0 Å². The molecule has 0 amide bonds.